The molecule has 3 N–H and O–H groups in total. The predicted octanol–water partition coefficient (Wildman–Crippen LogP) is 4.04. The van der Waals surface area contributed by atoms with E-state index in [1.165, 1.54) is 67.2 Å². The molecule has 0 aliphatic carbocycles. The van der Waals surface area contributed by atoms with Gasteiger partial charge in [-0.15, -0.1) is 0 Å². The highest BCUT2D eigenvalue weighted by atomic mass is 35.5. The first kappa shape index (κ1) is 27.2. The van der Waals surface area contributed by atoms with Crippen molar-refractivity contribution in [1.82, 2.24) is 9.71 Å². The minimum absolute atomic E-state index is 0.119. The third-order valence-corrected chi connectivity index (χ3v) is 7.41. The molecule has 1 atom stereocenters. The quantitative estimate of drug-likeness (QED) is 0.364. The van der Waals surface area contributed by atoms with Crippen LogP contribution in [0.5, 0.6) is 0 Å². The minimum Gasteiger partial charge on any atom is -0.375 e. The highest BCUT2D eigenvalue weighted by Crippen LogP contribution is 2.23. The van der Waals surface area contributed by atoms with Gasteiger partial charge in [-0.2, -0.15) is 0 Å². The molecule has 1 heterocycles. The summed E-state index contributed by atoms with van der Waals surface area (Å²) in [7, 11) is -1.65. The number of methoxy groups -OCH3 is 1. The predicted molar refractivity (Wildman–Crippen MR) is 141 cm³/mol. The van der Waals surface area contributed by atoms with Crippen LogP contribution in [0.1, 0.15) is 27.6 Å². The van der Waals surface area contributed by atoms with Crippen LogP contribution in [0.25, 0.3) is 0 Å². The third kappa shape index (κ3) is 6.82. The Balaban J connectivity index is 1.79. The number of hydrogen-bond acceptors (Lipinski definition) is 6. The SMILES string of the molecule is CC=S(=O)(NC(=O)COC)c1ccc(C(=O)Nc2ccc(Cl)cc2C(=O)Nc2ccc(Cl)cn2)cc1. The number of aromatic nitrogens is 1. The van der Waals surface area contributed by atoms with Crippen molar-refractivity contribution in [3.05, 3.63) is 82.0 Å². The van der Waals surface area contributed by atoms with Gasteiger partial charge in [-0.25, -0.2) is 9.19 Å². The van der Waals surface area contributed by atoms with E-state index in [9.17, 15) is 18.6 Å². The lowest BCUT2D eigenvalue weighted by atomic mass is 10.1. The molecule has 12 heteroatoms. The van der Waals surface area contributed by atoms with Crippen LogP contribution < -0.4 is 15.4 Å². The molecule has 0 spiro atoms. The van der Waals surface area contributed by atoms with E-state index < -0.39 is 27.4 Å². The maximum absolute atomic E-state index is 13.1. The molecule has 3 aromatic rings. The van der Waals surface area contributed by atoms with Gasteiger partial charge in [-0.05, 0) is 66.9 Å². The van der Waals surface area contributed by atoms with Crippen LogP contribution in [0.15, 0.2) is 65.7 Å². The van der Waals surface area contributed by atoms with Crippen LogP contribution in [0, 0.1) is 0 Å². The lowest BCUT2D eigenvalue weighted by molar-refractivity contribution is -0.122. The highest BCUT2D eigenvalue weighted by molar-refractivity contribution is 8.00. The molecule has 188 valence electrons. The first-order valence-corrected chi connectivity index (χ1v) is 12.8. The molecular weight excluding hydrogens is 527 g/mol. The first-order chi connectivity index (χ1) is 17.1. The molecule has 0 aliphatic heterocycles. The largest absolute Gasteiger partial charge is 0.375 e. The summed E-state index contributed by atoms with van der Waals surface area (Å²) in [6.07, 6.45) is 1.39. The van der Waals surface area contributed by atoms with Crippen molar-refractivity contribution in [1.29, 1.82) is 0 Å². The minimum atomic E-state index is -3.00. The van der Waals surface area contributed by atoms with Gasteiger partial charge in [0.1, 0.15) is 12.4 Å². The van der Waals surface area contributed by atoms with E-state index in [0.717, 1.165) is 0 Å². The van der Waals surface area contributed by atoms with Crippen molar-refractivity contribution in [2.24, 2.45) is 0 Å². The van der Waals surface area contributed by atoms with Crippen LogP contribution >= 0.6 is 23.2 Å². The monoisotopic (exact) mass is 548 g/mol. The Hall–Kier alpha value is -3.44. The van der Waals surface area contributed by atoms with Gasteiger partial charge in [0.2, 0.25) is 0 Å². The molecule has 1 aromatic heterocycles. The number of hydrogen-bond donors (Lipinski definition) is 3. The molecule has 36 heavy (non-hydrogen) atoms. The normalized spacial score (nSPS) is 12.2. The summed E-state index contributed by atoms with van der Waals surface area (Å²) in [5, 5.41) is 7.40. The fourth-order valence-electron chi connectivity index (χ4n) is 3.03. The Bertz CT molecular complexity index is 1400. The fourth-order valence-corrected chi connectivity index (χ4v) is 4.76. The second-order valence-electron chi connectivity index (χ2n) is 7.28. The van der Waals surface area contributed by atoms with Crippen LogP contribution in [-0.4, -0.2) is 46.0 Å². The molecule has 0 saturated heterocycles. The number of benzene rings is 2. The van der Waals surface area contributed by atoms with Gasteiger partial charge in [0.05, 0.1) is 26.0 Å². The first-order valence-electron chi connectivity index (χ1n) is 10.4. The molecule has 1 unspecified atom stereocenters. The van der Waals surface area contributed by atoms with Crippen molar-refractivity contribution >= 4 is 67.5 Å². The standard InChI is InChI=1S/C24H22Cl2N4O5S/c1-3-36(34,30-22(31)14-35-2)18-8-4-15(5-9-18)23(32)28-20-10-6-16(25)12-19(20)24(33)29-21-11-7-17(26)13-27-21/h3-13H,14H2,1-2H3,(H,28,32)(H,27,29,33)(H,30,31,34). The topological polar surface area (TPSA) is 126 Å². The molecule has 0 fully saturated rings. The van der Waals surface area contributed by atoms with Gasteiger partial charge < -0.3 is 15.4 Å². The zero-order chi connectivity index (χ0) is 26.3. The number of nitrogens with zero attached hydrogens (tertiary/aromatic N) is 1. The van der Waals surface area contributed by atoms with Crippen LogP contribution in [0.3, 0.4) is 0 Å². The van der Waals surface area contributed by atoms with E-state index in [1.807, 2.05) is 0 Å². The Morgan fingerprint density at radius 1 is 0.972 bits per heavy atom. The Morgan fingerprint density at radius 3 is 2.28 bits per heavy atom. The number of halogens is 2. The maximum atomic E-state index is 13.1. The van der Waals surface area contributed by atoms with Crippen molar-refractivity contribution < 1.29 is 23.3 Å². The Kier molecular flexibility index (Phi) is 9.05. The second kappa shape index (κ2) is 12.0. The number of carbonyl (C=O) groups is 3. The molecular formula is C24H22Cl2N4O5S. The lowest BCUT2D eigenvalue weighted by Crippen LogP contribution is -2.34. The summed E-state index contributed by atoms with van der Waals surface area (Å²) in [5.41, 5.74) is 0.576. The summed E-state index contributed by atoms with van der Waals surface area (Å²) in [6.45, 7) is 1.32. The van der Waals surface area contributed by atoms with E-state index in [0.29, 0.717) is 14.9 Å². The van der Waals surface area contributed by atoms with E-state index in [4.69, 9.17) is 27.9 Å². The molecule has 0 aliphatic rings. The van der Waals surface area contributed by atoms with Crippen molar-refractivity contribution in [2.45, 2.75) is 11.8 Å². The number of amides is 3. The van der Waals surface area contributed by atoms with Crippen LogP contribution in [0.2, 0.25) is 10.0 Å². The second-order valence-corrected chi connectivity index (χ2v) is 10.5. The van der Waals surface area contributed by atoms with Gasteiger partial charge in [-0.3, -0.25) is 19.1 Å². The summed E-state index contributed by atoms with van der Waals surface area (Å²) in [6, 6.07) is 13.4. The maximum Gasteiger partial charge on any atom is 0.258 e. The van der Waals surface area contributed by atoms with E-state index >= 15 is 0 Å². The van der Waals surface area contributed by atoms with Crippen molar-refractivity contribution in [2.75, 3.05) is 24.4 Å². The molecule has 3 amide bonds. The van der Waals surface area contributed by atoms with Gasteiger partial charge in [0.15, 0.2) is 0 Å². The number of pyridine rings is 1. The van der Waals surface area contributed by atoms with E-state index in [2.05, 4.69) is 20.3 Å². The average Bonchev–Trinajstić information content (AvgIpc) is 2.86. The van der Waals surface area contributed by atoms with Gasteiger partial charge in [0, 0.05) is 28.8 Å². The zero-order valence-electron chi connectivity index (χ0n) is 19.2. The molecule has 3 rings (SSSR count). The highest BCUT2D eigenvalue weighted by Gasteiger charge is 2.18. The van der Waals surface area contributed by atoms with Crippen LogP contribution in [-0.2, 0) is 19.2 Å². The molecule has 0 saturated carbocycles. The van der Waals surface area contributed by atoms with Gasteiger partial charge >= 0.3 is 0 Å². The smallest absolute Gasteiger partial charge is 0.258 e. The van der Waals surface area contributed by atoms with Gasteiger partial charge in [0.25, 0.3) is 17.7 Å². The number of rotatable bonds is 8. The summed E-state index contributed by atoms with van der Waals surface area (Å²) in [5.74, 6) is -1.32. The summed E-state index contributed by atoms with van der Waals surface area (Å²) < 4.78 is 20.3. The summed E-state index contributed by atoms with van der Waals surface area (Å²) >= 11 is 11.9. The fraction of sp³-hybridized carbons (Fsp3) is 0.125. The van der Waals surface area contributed by atoms with Crippen LogP contribution in [0.4, 0.5) is 11.5 Å². The molecule has 0 bridgehead atoms. The molecule has 0 radical (unpaired) electrons. The van der Waals surface area contributed by atoms with Crippen molar-refractivity contribution in [3.63, 3.8) is 0 Å². The lowest BCUT2D eigenvalue weighted by Gasteiger charge is -2.14. The van der Waals surface area contributed by atoms with Gasteiger partial charge in [-0.1, -0.05) is 23.2 Å². The van der Waals surface area contributed by atoms with E-state index in [-0.39, 0.29) is 29.2 Å². The third-order valence-electron chi connectivity index (χ3n) is 4.78. The number of carbonyl (C=O) groups excluding carboxylic acids is 3. The number of nitrogens with one attached hydrogen (secondary N) is 3. The van der Waals surface area contributed by atoms with E-state index in [1.54, 1.807) is 13.0 Å². The molecule has 2 aromatic carbocycles. The van der Waals surface area contributed by atoms with Crippen molar-refractivity contribution in [3.8, 4) is 0 Å². The number of ether oxygens (including phenoxy) is 1. The Labute approximate surface area is 218 Å². The summed E-state index contributed by atoms with van der Waals surface area (Å²) in [4.78, 5) is 41.9. The number of anilines is 2. The Morgan fingerprint density at radius 2 is 1.67 bits per heavy atom. The average molecular weight is 549 g/mol. The zero-order valence-corrected chi connectivity index (χ0v) is 21.5. The molecule has 9 nitrogen and oxygen atoms in total.